The number of nitrogens with zero attached hydrogens (tertiary/aromatic N) is 1. The normalized spacial score (nSPS) is 19.8. The highest BCUT2D eigenvalue weighted by molar-refractivity contribution is 8.00. The molecule has 94 valence electrons. The number of phenolic OH excluding ortho intramolecular Hbond substituents is 1. The number of aromatic hydroxyl groups is 1. The van der Waals surface area contributed by atoms with E-state index in [9.17, 15) is 9.90 Å². The minimum Gasteiger partial charge on any atom is -0.507 e. The van der Waals surface area contributed by atoms with Crippen molar-refractivity contribution in [1.82, 2.24) is 0 Å². The minimum atomic E-state index is -0.223. The third-order valence-corrected chi connectivity index (χ3v) is 4.53. The van der Waals surface area contributed by atoms with Gasteiger partial charge in [0.1, 0.15) is 11.5 Å². The average molecular weight is 263 g/mol. The third kappa shape index (κ3) is 2.04. The fraction of sp³-hybridized carbons (Fsp3) is 0.385. The first-order chi connectivity index (χ1) is 8.58. The van der Waals surface area contributed by atoms with E-state index >= 15 is 0 Å². The summed E-state index contributed by atoms with van der Waals surface area (Å²) in [6.07, 6.45) is 0.271. The summed E-state index contributed by atoms with van der Waals surface area (Å²) in [4.78, 5) is 12.7. The molecule has 0 radical (unpaired) electrons. The number of ketones is 1. The summed E-state index contributed by atoms with van der Waals surface area (Å²) in [5.41, 5.74) is 0.320. The molecule has 0 bridgehead atoms. The average Bonchev–Trinajstić information content (AvgIpc) is 2.37. The van der Waals surface area contributed by atoms with Crippen molar-refractivity contribution >= 4 is 17.5 Å². The van der Waals surface area contributed by atoms with E-state index in [-0.39, 0.29) is 29.1 Å². The minimum absolute atomic E-state index is 0.0219. The maximum atomic E-state index is 12.1. The third-order valence-electron chi connectivity index (χ3n) is 3.02. The molecule has 2 rings (SSSR count). The Hall–Kier alpha value is -1.67. The maximum absolute atomic E-state index is 12.1. The molecule has 0 aliphatic carbocycles. The van der Waals surface area contributed by atoms with E-state index in [4.69, 9.17) is 10.00 Å². The Morgan fingerprint density at radius 3 is 2.94 bits per heavy atom. The Kier molecular flexibility index (Phi) is 3.48. The Bertz CT molecular complexity index is 536. The van der Waals surface area contributed by atoms with Gasteiger partial charge < -0.3 is 9.84 Å². The predicted molar refractivity (Wildman–Crippen MR) is 68.0 cm³/mol. The van der Waals surface area contributed by atoms with Crippen LogP contribution in [0.3, 0.4) is 0 Å². The highest BCUT2D eigenvalue weighted by atomic mass is 32.2. The van der Waals surface area contributed by atoms with Crippen LogP contribution in [0.25, 0.3) is 0 Å². The van der Waals surface area contributed by atoms with Crippen molar-refractivity contribution in [3.63, 3.8) is 0 Å². The molecule has 0 amide bonds. The molecular formula is C13H13NO3S. The predicted octanol–water partition coefficient (Wildman–Crippen LogP) is 2.61. The van der Waals surface area contributed by atoms with Crippen molar-refractivity contribution in [3.8, 4) is 17.6 Å². The maximum Gasteiger partial charge on any atom is 0.169 e. The molecular weight excluding hydrogens is 250 g/mol. The first kappa shape index (κ1) is 12.8. The van der Waals surface area contributed by atoms with Crippen molar-refractivity contribution < 1.29 is 14.6 Å². The van der Waals surface area contributed by atoms with Gasteiger partial charge in [0.05, 0.1) is 29.6 Å². The lowest BCUT2D eigenvalue weighted by Crippen LogP contribution is -2.23. The zero-order valence-electron chi connectivity index (χ0n) is 10.1. The van der Waals surface area contributed by atoms with Crippen LogP contribution < -0.4 is 4.74 Å². The number of fused-ring (bicyclic) bond motifs is 1. The van der Waals surface area contributed by atoms with Crippen molar-refractivity contribution in [1.29, 1.82) is 5.26 Å². The molecule has 2 atom stereocenters. The number of rotatable bonds is 2. The number of Topliss-reactive ketones (excluding diaryl/α,β-unsaturated/α-hetero) is 1. The van der Waals surface area contributed by atoms with Crippen LogP contribution in [0, 0.1) is 17.2 Å². The topological polar surface area (TPSA) is 70.3 Å². The molecule has 1 aliphatic heterocycles. The van der Waals surface area contributed by atoms with Gasteiger partial charge in [0.25, 0.3) is 0 Å². The molecule has 0 spiro atoms. The van der Waals surface area contributed by atoms with Gasteiger partial charge in [-0.1, -0.05) is 0 Å². The van der Waals surface area contributed by atoms with Crippen LogP contribution in [0.1, 0.15) is 23.7 Å². The summed E-state index contributed by atoms with van der Waals surface area (Å²) >= 11 is 1.43. The summed E-state index contributed by atoms with van der Waals surface area (Å²) in [5.74, 6) is 0.189. The first-order valence-corrected chi connectivity index (χ1v) is 6.46. The number of hydrogen-bond donors (Lipinski definition) is 1. The van der Waals surface area contributed by atoms with Crippen LogP contribution in [0.2, 0.25) is 0 Å². The van der Waals surface area contributed by atoms with Gasteiger partial charge in [-0.3, -0.25) is 4.79 Å². The lowest BCUT2D eigenvalue weighted by molar-refractivity contribution is 0.0970. The summed E-state index contributed by atoms with van der Waals surface area (Å²) in [6, 6.07) is 5.26. The van der Waals surface area contributed by atoms with Gasteiger partial charge >= 0.3 is 0 Å². The van der Waals surface area contributed by atoms with Gasteiger partial charge in [0.2, 0.25) is 0 Å². The standard InChI is InChI=1S/C13H13NO3S/c1-7(6-14)11-5-9(16)12-8(15)3-4-10(17-2)13(12)18-11/h3-4,7,11,15H,5H2,1-2H3. The Labute approximate surface area is 110 Å². The van der Waals surface area contributed by atoms with Crippen LogP contribution in [-0.2, 0) is 0 Å². The fourth-order valence-electron chi connectivity index (χ4n) is 1.94. The second-order valence-electron chi connectivity index (χ2n) is 4.19. The molecule has 0 saturated carbocycles. The van der Waals surface area contributed by atoms with Gasteiger partial charge in [-0.2, -0.15) is 5.26 Å². The lowest BCUT2D eigenvalue weighted by Gasteiger charge is -2.26. The SMILES string of the molecule is COc1ccc(O)c2c1SC(C(C)C#N)CC2=O. The number of carbonyl (C=O) groups excluding carboxylic acids is 1. The number of carbonyl (C=O) groups is 1. The Morgan fingerprint density at radius 1 is 1.61 bits per heavy atom. The molecule has 5 heteroatoms. The summed E-state index contributed by atoms with van der Waals surface area (Å²) in [7, 11) is 1.52. The van der Waals surface area contributed by atoms with Gasteiger partial charge in [0.15, 0.2) is 5.78 Å². The van der Waals surface area contributed by atoms with Crippen molar-refractivity contribution in [2.24, 2.45) is 5.92 Å². The highest BCUT2D eigenvalue weighted by Gasteiger charge is 2.33. The molecule has 2 unspecified atom stereocenters. The lowest BCUT2D eigenvalue weighted by atomic mass is 9.98. The largest absolute Gasteiger partial charge is 0.507 e. The van der Waals surface area contributed by atoms with Crippen molar-refractivity contribution in [2.75, 3.05) is 7.11 Å². The van der Waals surface area contributed by atoms with E-state index in [0.717, 1.165) is 0 Å². The van der Waals surface area contributed by atoms with E-state index in [1.807, 2.05) is 0 Å². The summed E-state index contributed by atoms with van der Waals surface area (Å²) in [5, 5.41) is 18.6. The second kappa shape index (κ2) is 4.91. The van der Waals surface area contributed by atoms with E-state index in [1.54, 1.807) is 13.0 Å². The van der Waals surface area contributed by atoms with Crippen molar-refractivity contribution in [3.05, 3.63) is 17.7 Å². The highest BCUT2D eigenvalue weighted by Crippen LogP contribution is 2.46. The molecule has 1 aromatic rings. The van der Waals surface area contributed by atoms with Crippen LogP contribution in [0.15, 0.2) is 17.0 Å². The monoisotopic (exact) mass is 263 g/mol. The fourth-order valence-corrected chi connectivity index (χ4v) is 3.35. The number of phenols is 1. The number of thioether (sulfide) groups is 1. The second-order valence-corrected chi connectivity index (χ2v) is 5.44. The molecule has 4 nitrogen and oxygen atoms in total. The number of benzene rings is 1. The van der Waals surface area contributed by atoms with Crippen LogP contribution in [0.5, 0.6) is 11.5 Å². The summed E-state index contributed by atoms with van der Waals surface area (Å²) < 4.78 is 5.21. The van der Waals surface area contributed by atoms with Crippen LogP contribution >= 0.6 is 11.8 Å². The van der Waals surface area contributed by atoms with Crippen LogP contribution in [0.4, 0.5) is 0 Å². The molecule has 1 heterocycles. The molecule has 1 aliphatic rings. The first-order valence-electron chi connectivity index (χ1n) is 5.58. The van der Waals surface area contributed by atoms with Gasteiger partial charge in [-0.25, -0.2) is 0 Å². The zero-order chi connectivity index (χ0) is 13.3. The van der Waals surface area contributed by atoms with Gasteiger partial charge in [-0.05, 0) is 19.1 Å². The van der Waals surface area contributed by atoms with Crippen molar-refractivity contribution in [2.45, 2.75) is 23.5 Å². The smallest absolute Gasteiger partial charge is 0.169 e. The number of methoxy groups -OCH3 is 1. The zero-order valence-corrected chi connectivity index (χ0v) is 11.0. The summed E-state index contributed by atoms with van der Waals surface area (Å²) in [6.45, 7) is 1.80. The molecule has 1 aromatic carbocycles. The molecule has 18 heavy (non-hydrogen) atoms. The van der Waals surface area contributed by atoms with E-state index in [1.165, 1.54) is 24.9 Å². The Balaban J connectivity index is 2.49. The van der Waals surface area contributed by atoms with E-state index in [2.05, 4.69) is 6.07 Å². The Morgan fingerprint density at radius 2 is 2.33 bits per heavy atom. The van der Waals surface area contributed by atoms with Gasteiger partial charge in [-0.15, -0.1) is 11.8 Å². The van der Waals surface area contributed by atoms with E-state index < -0.39 is 0 Å². The molecule has 0 saturated heterocycles. The van der Waals surface area contributed by atoms with E-state index in [0.29, 0.717) is 16.2 Å². The molecule has 1 N–H and O–H groups in total. The number of ether oxygens (including phenoxy) is 1. The molecule has 0 aromatic heterocycles. The molecule has 0 fully saturated rings. The number of nitriles is 1. The quantitative estimate of drug-likeness (QED) is 0.888. The van der Waals surface area contributed by atoms with Gasteiger partial charge in [0, 0.05) is 11.7 Å². The number of hydrogen-bond acceptors (Lipinski definition) is 5. The van der Waals surface area contributed by atoms with Crippen LogP contribution in [-0.4, -0.2) is 23.2 Å².